The van der Waals surface area contributed by atoms with Crippen LogP contribution < -0.4 is 4.90 Å². The van der Waals surface area contributed by atoms with Crippen LogP contribution in [0.5, 0.6) is 0 Å². The molecule has 0 atom stereocenters. The first-order valence-corrected chi connectivity index (χ1v) is 13.7. The van der Waals surface area contributed by atoms with E-state index in [9.17, 15) is 0 Å². The molecule has 0 spiro atoms. The van der Waals surface area contributed by atoms with Gasteiger partial charge in [-0.05, 0) is 71.4 Å². The molecule has 8 rings (SSSR count). The van der Waals surface area contributed by atoms with Crippen molar-refractivity contribution in [1.82, 2.24) is 0 Å². The molecule has 2 nitrogen and oxygen atoms in total. The fourth-order valence-electron chi connectivity index (χ4n) is 5.49. The Labute approximate surface area is 227 Å². The summed E-state index contributed by atoms with van der Waals surface area (Å²) >= 11 is 8.08. The highest BCUT2D eigenvalue weighted by molar-refractivity contribution is 7.25. The number of halogens is 1. The number of anilines is 3. The molecule has 180 valence electrons. The largest absolute Gasteiger partial charge is 0.456 e. The molecular formula is C34H20ClNOS. The predicted molar refractivity (Wildman–Crippen MR) is 164 cm³/mol. The van der Waals surface area contributed by atoms with Crippen molar-refractivity contribution < 1.29 is 4.42 Å². The van der Waals surface area contributed by atoms with E-state index in [1.807, 2.05) is 18.2 Å². The van der Waals surface area contributed by atoms with E-state index in [1.54, 1.807) is 11.3 Å². The van der Waals surface area contributed by atoms with E-state index in [0.29, 0.717) is 0 Å². The van der Waals surface area contributed by atoms with Crippen LogP contribution in [0.2, 0.25) is 5.02 Å². The Balaban J connectivity index is 1.38. The summed E-state index contributed by atoms with van der Waals surface area (Å²) in [7, 11) is 0. The number of fused-ring (bicyclic) bond motifs is 7. The standard InChI is InChI=1S/C34H20ClNOS/c35-23-10-14-29-30-19-25(13-16-33(30)38-34(29)18-23)36(24-11-9-21-5-1-2-6-22(21)17-24)26-12-15-28-27-7-3-4-8-31(27)37-32(28)20-26/h1-20H. The van der Waals surface area contributed by atoms with E-state index in [1.165, 1.54) is 30.9 Å². The van der Waals surface area contributed by atoms with Crippen molar-refractivity contribution in [1.29, 1.82) is 0 Å². The molecule has 8 aromatic rings. The number of rotatable bonds is 3. The number of benzene rings is 6. The van der Waals surface area contributed by atoms with E-state index in [2.05, 4.69) is 108 Å². The summed E-state index contributed by atoms with van der Waals surface area (Å²) in [5, 5.41) is 7.91. The van der Waals surface area contributed by atoms with Crippen LogP contribution in [0, 0.1) is 0 Å². The summed E-state index contributed by atoms with van der Waals surface area (Å²) in [6, 6.07) is 42.7. The minimum atomic E-state index is 0.765. The van der Waals surface area contributed by atoms with Gasteiger partial charge in [-0.2, -0.15) is 0 Å². The second-order valence-electron chi connectivity index (χ2n) is 9.57. The van der Waals surface area contributed by atoms with Gasteiger partial charge in [-0.3, -0.25) is 0 Å². The number of thiophene rings is 1. The van der Waals surface area contributed by atoms with Crippen molar-refractivity contribution in [2.45, 2.75) is 0 Å². The smallest absolute Gasteiger partial charge is 0.137 e. The van der Waals surface area contributed by atoms with Gasteiger partial charge in [-0.25, -0.2) is 0 Å². The molecule has 0 aliphatic heterocycles. The average Bonchev–Trinajstić information content (AvgIpc) is 3.50. The van der Waals surface area contributed by atoms with Crippen molar-refractivity contribution in [3.8, 4) is 0 Å². The predicted octanol–water partition coefficient (Wildman–Crippen LogP) is 11.2. The van der Waals surface area contributed by atoms with E-state index in [4.69, 9.17) is 16.0 Å². The Kier molecular flexibility index (Phi) is 4.78. The van der Waals surface area contributed by atoms with E-state index in [-0.39, 0.29) is 0 Å². The Bertz CT molecular complexity index is 2170. The molecule has 0 aliphatic rings. The first-order chi connectivity index (χ1) is 18.7. The lowest BCUT2D eigenvalue weighted by Gasteiger charge is -2.26. The summed E-state index contributed by atoms with van der Waals surface area (Å²) < 4.78 is 8.72. The van der Waals surface area contributed by atoms with Crippen LogP contribution in [0.3, 0.4) is 0 Å². The van der Waals surface area contributed by atoms with Crippen LogP contribution in [-0.4, -0.2) is 0 Å². The van der Waals surface area contributed by atoms with Crippen molar-refractivity contribution in [3.05, 3.63) is 126 Å². The maximum Gasteiger partial charge on any atom is 0.137 e. The molecule has 38 heavy (non-hydrogen) atoms. The summed E-state index contributed by atoms with van der Waals surface area (Å²) in [5.41, 5.74) is 5.03. The zero-order valence-electron chi connectivity index (χ0n) is 20.2. The van der Waals surface area contributed by atoms with Gasteiger partial charge in [0.2, 0.25) is 0 Å². The van der Waals surface area contributed by atoms with Gasteiger partial charge in [0.25, 0.3) is 0 Å². The van der Waals surface area contributed by atoms with Crippen LogP contribution in [-0.2, 0) is 0 Å². The molecule has 0 amide bonds. The van der Waals surface area contributed by atoms with Crippen molar-refractivity contribution >= 4 is 92.9 Å². The normalized spacial score (nSPS) is 11.8. The van der Waals surface area contributed by atoms with Gasteiger partial charge in [0, 0.05) is 59.1 Å². The fraction of sp³-hybridized carbons (Fsp3) is 0. The Hall–Kier alpha value is -4.31. The van der Waals surface area contributed by atoms with Crippen LogP contribution >= 0.6 is 22.9 Å². The van der Waals surface area contributed by atoms with Gasteiger partial charge in [0.05, 0.1) is 0 Å². The molecule has 0 saturated carbocycles. The van der Waals surface area contributed by atoms with Gasteiger partial charge < -0.3 is 9.32 Å². The topological polar surface area (TPSA) is 16.4 Å². The summed E-state index contributed by atoms with van der Waals surface area (Å²) in [5.74, 6) is 0. The summed E-state index contributed by atoms with van der Waals surface area (Å²) in [4.78, 5) is 2.32. The number of para-hydroxylation sites is 1. The molecule has 2 aromatic heterocycles. The molecular weight excluding hydrogens is 506 g/mol. The third-order valence-electron chi connectivity index (χ3n) is 7.29. The molecule has 2 heterocycles. The van der Waals surface area contributed by atoms with Gasteiger partial charge >= 0.3 is 0 Å². The lowest BCUT2D eigenvalue weighted by molar-refractivity contribution is 0.669. The molecule has 6 aromatic carbocycles. The van der Waals surface area contributed by atoms with Crippen molar-refractivity contribution in [3.63, 3.8) is 0 Å². The van der Waals surface area contributed by atoms with E-state index >= 15 is 0 Å². The first-order valence-electron chi connectivity index (χ1n) is 12.5. The summed E-state index contributed by atoms with van der Waals surface area (Å²) in [6.07, 6.45) is 0. The average molecular weight is 526 g/mol. The van der Waals surface area contributed by atoms with Crippen LogP contribution in [0.15, 0.2) is 126 Å². The van der Waals surface area contributed by atoms with Gasteiger partial charge in [0.15, 0.2) is 0 Å². The fourth-order valence-corrected chi connectivity index (χ4v) is 6.86. The molecule has 0 aliphatic carbocycles. The molecule has 0 saturated heterocycles. The highest BCUT2D eigenvalue weighted by Gasteiger charge is 2.17. The number of hydrogen-bond donors (Lipinski definition) is 0. The number of nitrogens with zero attached hydrogens (tertiary/aromatic N) is 1. The molecule has 0 unspecified atom stereocenters. The third-order valence-corrected chi connectivity index (χ3v) is 8.66. The quantitative estimate of drug-likeness (QED) is 0.228. The molecule has 0 fully saturated rings. The van der Waals surface area contributed by atoms with Crippen molar-refractivity contribution in [2.75, 3.05) is 4.90 Å². The van der Waals surface area contributed by atoms with Gasteiger partial charge in [-0.15, -0.1) is 11.3 Å². The minimum absolute atomic E-state index is 0.765. The van der Waals surface area contributed by atoms with Crippen LogP contribution in [0.1, 0.15) is 0 Å². The van der Waals surface area contributed by atoms with Crippen molar-refractivity contribution in [2.24, 2.45) is 0 Å². The second kappa shape index (κ2) is 8.35. The molecule has 0 radical (unpaired) electrons. The first kappa shape index (κ1) is 21.7. The maximum absolute atomic E-state index is 6.30. The highest BCUT2D eigenvalue weighted by atomic mass is 35.5. The van der Waals surface area contributed by atoms with Crippen LogP contribution in [0.25, 0.3) is 52.9 Å². The Morgan fingerprint density at radius 2 is 1.21 bits per heavy atom. The van der Waals surface area contributed by atoms with Gasteiger partial charge in [0.1, 0.15) is 11.2 Å². The Morgan fingerprint density at radius 3 is 2.16 bits per heavy atom. The third kappa shape index (κ3) is 3.40. The SMILES string of the molecule is Clc1ccc2c(c1)sc1ccc(N(c3ccc4ccccc4c3)c3ccc4c(c3)oc3ccccc34)cc12. The molecule has 0 bridgehead atoms. The highest BCUT2D eigenvalue weighted by Crippen LogP contribution is 2.43. The number of furan rings is 1. The minimum Gasteiger partial charge on any atom is -0.456 e. The second-order valence-corrected chi connectivity index (χ2v) is 11.1. The zero-order valence-corrected chi connectivity index (χ0v) is 21.8. The zero-order chi connectivity index (χ0) is 25.2. The lowest BCUT2D eigenvalue weighted by Crippen LogP contribution is -2.09. The lowest BCUT2D eigenvalue weighted by atomic mass is 10.1. The molecule has 4 heteroatoms. The summed E-state index contributed by atoms with van der Waals surface area (Å²) in [6.45, 7) is 0. The van der Waals surface area contributed by atoms with E-state index in [0.717, 1.165) is 44.0 Å². The molecule has 0 N–H and O–H groups in total. The maximum atomic E-state index is 6.30. The van der Waals surface area contributed by atoms with Gasteiger partial charge in [-0.1, -0.05) is 66.2 Å². The number of hydrogen-bond acceptors (Lipinski definition) is 3. The monoisotopic (exact) mass is 525 g/mol. The Morgan fingerprint density at radius 1 is 0.500 bits per heavy atom. The van der Waals surface area contributed by atoms with Crippen LogP contribution in [0.4, 0.5) is 17.1 Å². The van der Waals surface area contributed by atoms with E-state index < -0.39 is 0 Å².